The number of rotatable bonds is 4. The number of amides is 1. The van der Waals surface area contributed by atoms with Crippen LogP contribution in [-0.4, -0.2) is 10.9 Å². The van der Waals surface area contributed by atoms with Gasteiger partial charge in [0.25, 0.3) is 0 Å². The van der Waals surface area contributed by atoms with Crippen LogP contribution >= 0.6 is 11.3 Å². The summed E-state index contributed by atoms with van der Waals surface area (Å²) in [6.45, 7) is 6.57. The average molecular weight is 352 g/mol. The fourth-order valence-corrected chi connectivity index (χ4v) is 3.02. The first-order chi connectivity index (χ1) is 11.9. The summed E-state index contributed by atoms with van der Waals surface area (Å²) in [5.41, 5.74) is 3.30. The first-order valence-corrected chi connectivity index (χ1v) is 8.89. The Morgan fingerprint density at radius 2 is 1.96 bits per heavy atom. The third kappa shape index (κ3) is 4.45. The molecule has 4 nitrogen and oxygen atoms in total. The minimum Gasteiger partial charge on any atom is -0.465 e. The molecule has 128 valence electrons. The zero-order valence-electron chi connectivity index (χ0n) is 14.4. The fourth-order valence-electron chi connectivity index (χ4n) is 2.30. The first kappa shape index (κ1) is 17.2. The maximum atomic E-state index is 11.9. The minimum absolute atomic E-state index is 0.125. The first-order valence-electron chi connectivity index (χ1n) is 8.01. The van der Waals surface area contributed by atoms with Crippen molar-refractivity contribution in [3.63, 3.8) is 0 Å². The normalized spacial score (nSPS) is 11.8. The highest BCUT2D eigenvalue weighted by molar-refractivity contribution is 7.14. The fraction of sp³-hybridized carbons (Fsp3) is 0.200. The van der Waals surface area contributed by atoms with Gasteiger partial charge in [-0.1, -0.05) is 45.0 Å². The Balaban J connectivity index is 1.67. The van der Waals surface area contributed by atoms with Gasteiger partial charge in [-0.25, -0.2) is 4.98 Å². The Morgan fingerprint density at radius 3 is 2.60 bits per heavy atom. The van der Waals surface area contributed by atoms with Crippen LogP contribution in [-0.2, 0) is 10.2 Å². The van der Waals surface area contributed by atoms with Gasteiger partial charge in [0.15, 0.2) is 5.13 Å². The molecule has 0 saturated heterocycles. The van der Waals surface area contributed by atoms with Crippen molar-refractivity contribution in [2.75, 3.05) is 5.32 Å². The second kappa shape index (κ2) is 7.07. The molecular formula is C20H20N2O2S. The smallest absolute Gasteiger partial charge is 0.250 e. The molecule has 5 heteroatoms. The Kier molecular flexibility index (Phi) is 4.86. The number of hydrogen-bond acceptors (Lipinski definition) is 4. The quantitative estimate of drug-likeness (QED) is 0.644. The number of benzene rings is 1. The Bertz CT molecular complexity index is 869. The largest absolute Gasteiger partial charge is 0.465 e. The van der Waals surface area contributed by atoms with Crippen molar-refractivity contribution in [2.45, 2.75) is 26.2 Å². The lowest BCUT2D eigenvalue weighted by atomic mass is 9.86. The van der Waals surface area contributed by atoms with Crippen molar-refractivity contribution in [1.82, 2.24) is 4.98 Å². The number of furan rings is 1. The molecule has 1 aromatic carbocycles. The zero-order valence-corrected chi connectivity index (χ0v) is 15.3. The Morgan fingerprint density at radius 1 is 1.20 bits per heavy atom. The van der Waals surface area contributed by atoms with Gasteiger partial charge in [-0.2, -0.15) is 0 Å². The molecule has 25 heavy (non-hydrogen) atoms. The van der Waals surface area contributed by atoms with E-state index < -0.39 is 0 Å². The van der Waals surface area contributed by atoms with E-state index in [1.165, 1.54) is 23.0 Å². The molecule has 0 aliphatic rings. The molecule has 0 aliphatic heterocycles. The lowest BCUT2D eigenvalue weighted by Crippen LogP contribution is -2.10. The Labute approximate surface area is 151 Å². The van der Waals surface area contributed by atoms with Crippen LogP contribution in [0.5, 0.6) is 0 Å². The monoisotopic (exact) mass is 352 g/mol. The lowest BCUT2D eigenvalue weighted by molar-refractivity contribution is -0.111. The molecule has 0 bridgehead atoms. The van der Waals surface area contributed by atoms with Gasteiger partial charge in [0, 0.05) is 17.0 Å². The van der Waals surface area contributed by atoms with E-state index in [1.807, 2.05) is 5.38 Å². The molecule has 0 unspecified atom stereocenters. The summed E-state index contributed by atoms with van der Waals surface area (Å²) >= 11 is 1.41. The topological polar surface area (TPSA) is 55.1 Å². The van der Waals surface area contributed by atoms with Crippen LogP contribution in [0.4, 0.5) is 5.13 Å². The van der Waals surface area contributed by atoms with Gasteiger partial charge in [-0.15, -0.1) is 11.3 Å². The molecule has 1 amide bonds. The van der Waals surface area contributed by atoms with Gasteiger partial charge < -0.3 is 4.42 Å². The van der Waals surface area contributed by atoms with Crippen molar-refractivity contribution in [3.8, 4) is 11.3 Å². The molecule has 0 atom stereocenters. The van der Waals surface area contributed by atoms with Crippen LogP contribution in [0, 0.1) is 0 Å². The van der Waals surface area contributed by atoms with Crippen molar-refractivity contribution in [1.29, 1.82) is 0 Å². The number of aromatic nitrogens is 1. The van der Waals surface area contributed by atoms with E-state index in [0.29, 0.717) is 10.9 Å². The molecule has 2 heterocycles. The van der Waals surface area contributed by atoms with Crippen LogP contribution in [0.1, 0.15) is 32.1 Å². The third-order valence-corrected chi connectivity index (χ3v) is 4.48. The second-order valence-corrected chi connectivity index (χ2v) is 7.56. The van der Waals surface area contributed by atoms with Crippen LogP contribution < -0.4 is 5.32 Å². The van der Waals surface area contributed by atoms with Crippen molar-refractivity contribution >= 4 is 28.5 Å². The summed E-state index contributed by atoms with van der Waals surface area (Å²) < 4.78 is 5.15. The molecule has 0 spiro atoms. The molecule has 0 fully saturated rings. The highest BCUT2D eigenvalue weighted by Gasteiger charge is 2.13. The molecule has 3 aromatic rings. The lowest BCUT2D eigenvalue weighted by Gasteiger charge is -2.18. The van der Waals surface area contributed by atoms with E-state index in [9.17, 15) is 4.79 Å². The van der Waals surface area contributed by atoms with Gasteiger partial charge in [-0.05, 0) is 29.2 Å². The van der Waals surface area contributed by atoms with E-state index >= 15 is 0 Å². The van der Waals surface area contributed by atoms with Crippen molar-refractivity contribution in [3.05, 3.63) is 65.4 Å². The highest BCUT2D eigenvalue weighted by Crippen LogP contribution is 2.28. The number of hydrogen-bond donors (Lipinski definition) is 1. The van der Waals surface area contributed by atoms with E-state index in [1.54, 1.807) is 24.5 Å². The number of anilines is 1. The molecule has 1 N–H and O–H groups in total. The molecule has 0 saturated carbocycles. The van der Waals surface area contributed by atoms with Gasteiger partial charge in [0.2, 0.25) is 5.91 Å². The second-order valence-electron chi connectivity index (χ2n) is 6.70. The predicted molar refractivity (Wildman–Crippen MR) is 103 cm³/mol. The third-order valence-electron chi connectivity index (χ3n) is 3.72. The van der Waals surface area contributed by atoms with Crippen LogP contribution in [0.15, 0.2) is 58.5 Å². The number of nitrogens with one attached hydrogen (secondary N) is 1. The van der Waals surface area contributed by atoms with Gasteiger partial charge in [-0.3, -0.25) is 10.1 Å². The summed E-state index contributed by atoms with van der Waals surface area (Å²) in [6, 6.07) is 11.9. The van der Waals surface area contributed by atoms with Crippen LogP contribution in [0.25, 0.3) is 17.3 Å². The summed E-state index contributed by atoms with van der Waals surface area (Å²) in [5, 5.41) is 5.29. The van der Waals surface area contributed by atoms with Gasteiger partial charge in [0.1, 0.15) is 5.76 Å². The maximum Gasteiger partial charge on any atom is 0.250 e. The number of thiazole rings is 1. The van der Waals surface area contributed by atoms with Gasteiger partial charge >= 0.3 is 0 Å². The van der Waals surface area contributed by atoms with Crippen LogP contribution in [0.2, 0.25) is 0 Å². The van der Waals surface area contributed by atoms with E-state index in [4.69, 9.17) is 4.42 Å². The number of carbonyl (C=O) groups is 1. The van der Waals surface area contributed by atoms with Gasteiger partial charge in [0.05, 0.1) is 12.0 Å². The molecule has 0 aliphatic carbocycles. The number of carbonyl (C=O) groups excluding carboxylic acids is 1. The molecule has 0 radical (unpaired) electrons. The summed E-state index contributed by atoms with van der Waals surface area (Å²) in [5.74, 6) is 0.397. The minimum atomic E-state index is -0.236. The molecule has 2 aromatic heterocycles. The van der Waals surface area contributed by atoms with Crippen molar-refractivity contribution < 1.29 is 9.21 Å². The zero-order chi connectivity index (χ0) is 17.9. The molecular weight excluding hydrogens is 332 g/mol. The summed E-state index contributed by atoms with van der Waals surface area (Å²) in [4.78, 5) is 16.4. The standard InChI is InChI=1S/C20H20N2O2S/c1-20(2,3)15-8-6-14(7-9-15)17-13-25-19(21-17)22-18(23)11-10-16-5-4-12-24-16/h4-13H,1-3H3,(H,21,22,23)/b11-10+. The SMILES string of the molecule is CC(C)(C)c1ccc(-c2csc(NC(=O)/C=C/c3ccco3)n2)cc1. The van der Waals surface area contributed by atoms with E-state index in [-0.39, 0.29) is 11.3 Å². The van der Waals surface area contributed by atoms with E-state index in [2.05, 4.69) is 55.3 Å². The number of nitrogens with zero attached hydrogens (tertiary/aromatic N) is 1. The highest BCUT2D eigenvalue weighted by atomic mass is 32.1. The summed E-state index contributed by atoms with van der Waals surface area (Å²) in [6.07, 6.45) is 4.61. The Hall–Kier alpha value is -2.66. The van der Waals surface area contributed by atoms with E-state index in [0.717, 1.165) is 11.3 Å². The summed E-state index contributed by atoms with van der Waals surface area (Å²) in [7, 11) is 0. The average Bonchev–Trinajstić information content (AvgIpc) is 3.24. The van der Waals surface area contributed by atoms with Crippen LogP contribution in [0.3, 0.4) is 0 Å². The predicted octanol–water partition coefficient (Wildman–Crippen LogP) is 5.35. The van der Waals surface area contributed by atoms with Crippen molar-refractivity contribution in [2.24, 2.45) is 0 Å². The maximum absolute atomic E-state index is 11.9. The molecule has 3 rings (SSSR count).